The second kappa shape index (κ2) is 5.80. The molecule has 0 aliphatic carbocycles. The zero-order valence-corrected chi connectivity index (χ0v) is 13.7. The lowest BCUT2D eigenvalue weighted by atomic mass is 9.86. The van der Waals surface area contributed by atoms with Gasteiger partial charge < -0.3 is 15.4 Å². The molecule has 3 heterocycles. The van der Waals surface area contributed by atoms with Gasteiger partial charge in [0, 0.05) is 43.5 Å². The SMILES string of the molecule is NC(=S)c1cc2c3c(c1)C(N1CCOCC1)CCN3CCC2. The summed E-state index contributed by atoms with van der Waals surface area (Å²) >= 11 is 5.25. The standard InChI is InChI=1S/C17H23N3OS/c18-17(22)13-10-12-2-1-4-20-5-3-15(14(11-13)16(12)20)19-6-8-21-9-7-19/h10-11,15H,1-9H2,(H2,18,22). The Morgan fingerprint density at radius 3 is 2.77 bits per heavy atom. The van der Waals surface area contributed by atoms with Crippen molar-refractivity contribution in [2.24, 2.45) is 5.73 Å². The van der Waals surface area contributed by atoms with Gasteiger partial charge in [0.2, 0.25) is 0 Å². The van der Waals surface area contributed by atoms with Crippen LogP contribution in [0.15, 0.2) is 12.1 Å². The molecule has 1 aromatic carbocycles. The van der Waals surface area contributed by atoms with E-state index in [1.807, 2.05) is 0 Å². The van der Waals surface area contributed by atoms with Crippen molar-refractivity contribution in [3.05, 3.63) is 28.8 Å². The molecule has 0 radical (unpaired) electrons. The second-order valence-electron chi connectivity index (χ2n) is 6.48. The maximum absolute atomic E-state index is 5.93. The highest BCUT2D eigenvalue weighted by Crippen LogP contribution is 2.42. The van der Waals surface area contributed by atoms with Crippen molar-refractivity contribution < 1.29 is 4.74 Å². The minimum absolute atomic E-state index is 0.487. The summed E-state index contributed by atoms with van der Waals surface area (Å²) in [4.78, 5) is 5.66. The molecule has 0 saturated carbocycles. The average molecular weight is 317 g/mol. The number of hydrogen-bond donors (Lipinski definition) is 1. The summed E-state index contributed by atoms with van der Waals surface area (Å²) in [6.07, 6.45) is 3.56. The summed E-state index contributed by atoms with van der Waals surface area (Å²) in [5.41, 5.74) is 11.3. The van der Waals surface area contributed by atoms with Crippen LogP contribution in [-0.2, 0) is 11.2 Å². The molecule has 1 atom stereocenters. The topological polar surface area (TPSA) is 41.7 Å². The molecule has 1 saturated heterocycles. The van der Waals surface area contributed by atoms with Crippen molar-refractivity contribution in [1.29, 1.82) is 0 Å². The van der Waals surface area contributed by atoms with Crippen LogP contribution in [0, 0.1) is 0 Å². The van der Waals surface area contributed by atoms with Gasteiger partial charge in [-0.2, -0.15) is 0 Å². The van der Waals surface area contributed by atoms with Crippen LogP contribution in [0.2, 0.25) is 0 Å². The molecule has 0 bridgehead atoms. The van der Waals surface area contributed by atoms with Gasteiger partial charge in [-0.1, -0.05) is 12.2 Å². The Hall–Kier alpha value is -1.17. The minimum Gasteiger partial charge on any atom is -0.389 e. The van der Waals surface area contributed by atoms with Crippen molar-refractivity contribution >= 4 is 22.9 Å². The first-order chi connectivity index (χ1) is 10.7. The van der Waals surface area contributed by atoms with Crippen molar-refractivity contribution in [2.75, 3.05) is 44.3 Å². The number of thiocarbonyl (C=S) groups is 1. The van der Waals surface area contributed by atoms with Gasteiger partial charge in [0.15, 0.2) is 0 Å². The molecule has 4 nitrogen and oxygen atoms in total. The molecule has 0 amide bonds. The van der Waals surface area contributed by atoms with E-state index in [1.54, 1.807) is 0 Å². The molecule has 3 aliphatic heterocycles. The van der Waals surface area contributed by atoms with E-state index in [0.29, 0.717) is 11.0 Å². The monoisotopic (exact) mass is 317 g/mol. The first-order valence-corrected chi connectivity index (χ1v) is 8.68. The van der Waals surface area contributed by atoms with Crippen LogP contribution in [0.3, 0.4) is 0 Å². The predicted molar refractivity (Wildman–Crippen MR) is 92.6 cm³/mol. The van der Waals surface area contributed by atoms with Gasteiger partial charge in [-0.15, -0.1) is 0 Å². The number of morpholine rings is 1. The highest BCUT2D eigenvalue weighted by atomic mass is 32.1. The van der Waals surface area contributed by atoms with Crippen molar-refractivity contribution in [2.45, 2.75) is 25.3 Å². The molecular formula is C17H23N3OS. The van der Waals surface area contributed by atoms with Gasteiger partial charge in [-0.25, -0.2) is 0 Å². The van der Waals surface area contributed by atoms with Crippen LogP contribution in [0.1, 0.15) is 35.6 Å². The number of aryl methyl sites for hydroxylation is 1. The predicted octanol–water partition coefficient (Wildman–Crippen LogP) is 1.85. The minimum atomic E-state index is 0.487. The van der Waals surface area contributed by atoms with Crippen LogP contribution in [0.25, 0.3) is 0 Å². The fourth-order valence-electron chi connectivity index (χ4n) is 4.19. The summed E-state index contributed by atoms with van der Waals surface area (Å²) in [6, 6.07) is 4.95. The smallest absolute Gasteiger partial charge is 0.104 e. The Labute approximate surface area is 137 Å². The van der Waals surface area contributed by atoms with Gasteiger partial charge in [-0.05, 0) is 42.5 Å². The van der Waals surface area contributed by atoms with Crippen LogP contribution in [0.5, 0.6) is 0 Å². The molecule has 0 spiro atoms. The maximum Gasteiger partial charge on any atom is 0.104 e. The number of nitrogens with zero attached hydrogens (tertiary/aromatic N) is 2. The molecular weight excluding hydrogens is 294 g/mol. The molecule has 4 rings (SSSR count). The molecule has 1 aromatic rings. The number of hydrogen-bond acceptors (Lipinski definition) is 4. The Morgan fingerprint density at radius 2 is 2.00 bits per heavy atom. The van der Waals surface area contributed by atoms with E-state index < -0.39 is 0 Å². The van der Waals surface area contributed by atoms with Gasteiger partial charge >= 0.3 is 0 Å². The highest BCUT2D eigenvalue weighted by molar-refractivity contribution is 7.80. The summed E-state index contributed by atoms with van der Waals surface area (Å²) in [7, 11) is 0. The summed E-state index contributed by atoms with van der Waals surface area (Å²) < 4.78 is 5.52. The molecule has 5 heteroatoms. The van der Waals surface area contributed by atoms with Crippen LogP contribution < -0.4 is 10.6 Å². The average Bonchev–Trinajstić information content (AvgIpc) is 2.56. The van der Waals surface area contributed by atoms with Gasteiger partial charge in [0.1, 0.15) is 4.99 Å². The molecule has 2 N–H and O–H groups in total. The van der Waals surface area contributed by atoms with Gasteiger partial charge in [0.25, 0.3) is 0 Å². The summed E-state index contributed by atoms with van der Waals surface area (Å²) in [5.74, 6) is 0. The first kappa shape index (κ1) is 14.4. The van der Waals surface area contributed by atoms with Crippen molar-refractivity contribution in [3.63, 3.8) is 0 Å². The lowest BCUT2D eigenvalue weighted by molar-refractivity contribution is 0.0137. The van der Waals surface area contributed by atoms with Crippen molar-refractivity contribution in [1.82, 2.24) is 4.90 Å². The van der Waals surface area contributed by atoms with Crippen LogP contribution >= 0.6 is 12.2 Å². The highest BCUT2D eigenvalue weighted by Gasteiger charge is 2.33. The first-order valence-electron chi connectivity index (χ1n) is 8.27. The van der Waals surface area contributed by atoms with E-state index in [9.17, 15) is 0 Å². The van der Waals surface area contributed by atoms with Gasteiger partial charge in [0.05, 0.1) is 13.2 Å². The molecule has 118 valence electrons. The third-order valence-corrected chi connectivity index (χ3v) is 5.45. The van der Waals surface area contributed by atoms with Crippen molar-refractivity contribution in [3.8, 4) is 0 Å². The lowest BCUT2D eigenvalue weighted by Gasteiger charge is -2.44. The number of nitrogens with two attached hydrogens (primary N) is 1. The zero-order valence-electron chi connectivity index (χ0n) is 12.9. The molecule has 1 unspecified atom stereocenters. The third kappa shape index (κ3) is 2.41. The van der Waals surface area contributed by atoms with Crippen LogP contribution in [-0.4, -0.2) is 49.3 Å². The third-order valence-electron chi connectivity index (χ3n) is 5.21. The van der Waals surface area contributed by atoms with E-state index in [0.717, 1.165) is 44.8 Å². The lowest BCUT2D eigenvalue weighted by Crippen LogP contribution is -2.44. The van der Waals surface area contributed by atoms with Crippen LogP contribution in [0.4, 0.5) is 5.69 Å². The Bertz CT molecular complexity index is 598. The summed E-state index contributed by atoms with van der Waals surface area (Å²) in [6.45, 7) is 6.08. The number of ether oxygens (including phenoxy) is 1. The normalized spacial score (nSPS) is 24.9. The number of anilines is 1. The molecule has 22 heavy (non-hydrogen) atoms. The summed E-state index contributed by atoms with van der Waals surface area (Å²) in [5, 5.41) is 0. The Balaban J connectivity index is 1.79. The van der Waals surface area contributed by atoms with Gasteiger partial charge in [-0.3, -0.25) is 4.90 Å². The molecule has 1 fully saturated rings. The van der Waals surface area contributed by atoms with E-state index >= 15 is 0 Å². The molecule has 0 aromatic heterocycles. The Kier molecular flexibility index (Phi) is 3.80. The Morgan fingerprint density at radius 1 is 1.18 bits per heavy atom. The fourth-order valence-corrected chi connectivity index (χ4v) is 4.31. The van der Waals surface area contributed by atoms with E-state index in [4.69, 9.17) is 22.7 Å². The quantitative estimate of drug-likeness (QED) is 0.843. The van der Waals surface area contributed by atoms with E-state index in [2.05, 4.69) is 21.9 Å². The van der Waals surface area contributed by atoms with E-state index in [1.165, 1.54) is 36.2 Å². The molecule has 3 aliphatic rings. The maximum atomic E-state index is 5.93. The second-order valence-corrected chi connectivity index (χ2v) is 6.92. The number of benzene rings is 1. The largest absolute Gasteiger partial charge is 0.389 e. The number of rotatable bonds is 2. The fraction of sp³-hybridized carbons (Fsp3) is 0.588. The van der Waals surface area contributed by atoms with E-state index in [-0.39, 0.29) is 0 Å². The zero-order chi connectivity index (χ0) is 15.1.